The van der Waals surface area contributed by atoms with Gasteiger partial charge in [-0.1, -0.05) is 55.8 Å². The highest BCUT2D eigenvalue weighted by Crippen LogP contribution is 2.33. The fourth-order valence-electron chi connectivity index (χ4n) is 2.57. The van der Waals surface area contributed by atoms with Crippen molar-refractivity contribution in [1.82, 2.24) is 5.32 Å². The molecule has 0 spiro atoms. The minimum atomic E-state index is -0.522. The number of nitrogens with one attached hydrogen (secondary N) is 1. The van der Waals surface area contributed by atoms with Crippen LogP contribution in [0.1, 0.15) is 41.8 Å². The van der Waals surface area contributed by atoms with Crippen LogP contribution in [0.25, 0.3) is 0 Å². The molecule has 2 aromatic carbocycles. The second-order valence-corrected chi connectivity index (χ2v) is 6.69. The predicted octanol–water partition coefficient (Wildman–Crippen LogP) is 4.61. The molecule has 0 saturated heterocycles. The van der Waals surface area contributed by atoms with E-state index in [1.807, 2.05) is 30.3 Å². The largest absolute Gasteiger partial charge is 0.352 e. The van der Waals surface area contributed by atoms with Crippen molar-refractivity contribution < 1.29 is 9.72 Å². The molecule has 25 heavy (non-hydrogen) atoms. The Balaban J connectivity index is 2.39. The molecule has 0 aliphatic carbocycles. The lowest BCUT2D eigenvalue weighted by atomic mass is 9.97. The first-order valence-electron chi connectivity index (χ1n) is 8.18. The maximum atomic E-state index is 12.5. The third kappa shape index (κ3) is 5.03. The molecule has 2 rings (SSSR count). The zero-order valence-corrected chi connectivity index (χ0v) is 15.0. The number of hydrogen-bond donors (Lipinski definition) is 1. The van der Waals surface area contributed by atoms with Crippen molar-refractivity contribution in [2.45, 2.75) is 26.7 Å². The summed E-state index contributed by atoms with van der Waals surface area (Å²) in [5, 5.41) is 14.4. The van der Waals surface area contributed by atoms with Crippen LogP contribution in [0.15, 0.2) is 42.5 Å². The number of amides is 1. The van der Waals surface area contributed by atoms with Gasteiger partial charge in [0.25, 0.3) is 11.6 Å². The van der Waals surface area contributed by atoms with Crippen LogP contribution in [-0.2, 0) is 6.42 Å². The fourth-order valence-corrected chi connectivity index (χ4v) is 2.81. The van der Waals surface area contributed by atoms with Crippen molar-refractivity contribution >= 4 is 23.2 Å². The molecular formula is C19H21ClN2O3. The van der Waals surface area contributed by atoms with Crippen LogP contribution in [0.4, 0.5) is 5.69 Å². The molecule has 1 amide bonds. The van der Waals surface area contributed by atoms with Gasteiger partial charge in [0.05, 0.1) is 4.92 Å². The van der Waals surface area contributed by atoms with Crippen LogP contribution < -0.4 is 5.32 Å². The van der Waals surface area contributed by atoms with E-state index in [0.29, 0.717) is 23.6 Å². The number of nitrogens with zero attached hydrogens (tertiary/aromatic N) is 1. The second kappa shape index (κ2) is 8.62. The summed E-state index contributed by atoms with van der Waals surface area (Å²) < 4.78 is 0. The highest BCUT2D eigenvalue weighted by atomic mass is 35.5. The monoisotopic (exact) mass is 360 g/mol. The Kier molecular flexibility index (Phi) is 6.53. The molecule has 0 aromatic heterocycles. The van der Waals surface area contributed by atoms with E-state index in [2.05, 4.69) is 19.2 Å². The van der Waals surface area contributed by atoms with Crippen LogP contribution in [0.3, 0.4) is 0 Å². The molecule has 0 unspecified atom stereocenters. The van der Waals surface area contributed by atoms with Gasteiger partial charge in [-0.25, -0.2) is 0 Å². The van der Waals surface area contributed by atoms with Gasteiger partial charge in [0.15, 0.2) is 0 Å². The lowest BCUT2D eigenvalue weighted by Gasteiger charge is -2.12. The minimum absolute atomic E-state index is 0.0367. The van der Waals surface area contributed by atoms with E-state index in [9.17, 15) is 14.9 Å². The average molecular weight is 361 g/mol. The summed E-state index contributed by atoms with van der Waals surface area (Å²) in [4.78, 5) is 23.5. The van der Waals surface area contributed by atoms with Crippen molar-refractivity contribution in [3.05, 3.63) is 74.3 Å². The summed E-state index contributed by atoms with van der Waals surface area (Å²) in [5.74, 6) is 0.148. The third-order valence-electron chi connectivity index (χ3n) is 3.89. The van der Waals surface area contributed by atoms with Gasteiger partial charge in [0.2, 0.25) is 0 Å². The lowest BCUT2D eigenvalue weighted by Crippen LogP contribution is -2.26. The molecule has 0 aliphatic rings. The summed E-state index contributed by atoms with van der Waals surface area (Å²) >= 11 is 6.04. The predicted molar refractivity (Wildman–Crippen MR) is 99.1 cm³/mol. The highest BCUT2D eigenvalue weighted by molar-refractivity contribution is 6.33. The van der Waals surface area contributed by atoms with E-state index >= 15 is 0 Å². The van der Waals surface area contributed by atoms with Gasteiger partial charge in [-0.05, 0) is 30.0 Å². The summed E-state index contributed by atoms with van der Waals surface area (Å²) in [5.41, 5.74) is 1.31. The number of halogens is 1. The Morgan fingerprint density at radius 3 is 2.48 bits per heavy atom. The smallest absolute Gasteiger partial charge is 0.292 e. The van der Waals surface area contributed by atoms with Gasteiger partial charge >= 0.3 is 0 Å². The van der Waals surface area contributed by atoms with Crippen molar-refractivity contribution in [3.8, 4) is 0 Å². The molecule has 5 nitrogen and oxygen atoms in total. The van der Waals surface area contributed by atoms with Gasteiger partial charge in [0, 0.05) is 24.1 Å². The summed E-state index contributed by atoms with van der Waals surface area (Å²) in [6, 6.07) is 12.3. The Hall–Kier alpha value is -2.40. The Bertz CT molecular complexity index is 761. The van der Waals surface area contributed by atoms with E-state index in [4.69, 9.17) is 11.6 Å². The van der Waals surface area contributed by atoms with Crippen molar-refractivity contribution in [2.24, 2.45) is 5.92 Å². The lowest BCUT2D eigenvalue weighted by molar-refractivity contribution is -0.385. The molecule has 0 heterocycles. The van der Waals surface area contributed by atoms with Crippen molar-refractivity contribution in [3.63, 3.8) is 0 Å². The maximum Gasteiger partial charge on any atom is 0.292 e. The molecule has 132 valence electrons. The van der Waals surface area contributed by atoms with E-state index in [0.717, 1.165) is 12.0 Å². The molecular weight excluding hydrogens is 340 g/mol. The minimum Gasteiger partial charge on any atom is -0.352 e. The summed E-state index contributed by atoms with van der Waals surface area (Å²) in [6.07, 6.45) is 1.11. The standard InChI is InChI=1S/C19H21ClN2O3/c1-13(2)10-11-21-19(23)15-8-9-17(20)18(22(24)25)16(15)12-14-6-4-3-5-7-14/h3-9,13H,10-12H2,1-2H3,(H,21,23). The molecule has 0 atom stereocenters. The third-order valence-corrected chi connectivity index (χ3v) is 4.20. The molecule has 1 N–H and O–H groups in total. The first kappa shape index (κ1) is 18.9. The van der Waals surface area contributed by atoms with Crippen LogP contribution in [0, 0.1) is 16.0 Å². The van der Waals surface area contributed by atoms with Gasteiger partial charge in [-0.15, -0.1) is 0 Å². The maximum absolute atomic E-state index is 12.5. The first-order chi connectivity index (χ1) is 11.9. The number of benzene rings is 2. The number of hydrogen-bond acceptors (Lipinski definition) is 3. The van der Waals surface area contributed by atoms with E-state index in [1.54, 1.807) is 6.07 Å². The van der Waals surface area contributed by atoms with E-state index < -0.39 is 4.92 Å². The van der Waals surface area contributed by atoms with Crippen molar-refractivity contribution in [2.75, 3.05) is 6.54 Å². The van der Waals surface area contributed by atoms with Crippen molar-refractivity contribution in [1.29, 1.82) is 0 Å². The zero-order valence-electron chi connectivity index (χ0n) is 14.3. The number of nitro groups is 1. The van der Waals surface area contributed by atoms with Gasteiger partial charge < -0.3 is 5.32 Å². The molecule has 0 saturated carbocycles. The number of carbonyl (C=O) groups excluding carboxylic acids is 1. The SMILES string of the molecule is CC(C)CCNC(=O)c1ccc(Cl)c([N+](=O)[O-])c1Cc1ccccc1. The normalized spacial score (nSPS) is 10.7. The fraction of sp³-hybridized carbons (Fsp3) is 0.316. The van der Waals surface area contributed by atoms with Gasteiger partial charge in [-0.2, -0.15) is 0 Å². The molecule has 0 radical (unpaired) electrons. The molecule has 2 aromatic rings. The number of rotatable bonds is 7. The van der Waals surface area contributed by atoms with Gasteiger partial charge in [-0.3, -0.25) is 14.9 Å². The summed E-state index contributed by atoms with van der Waals surface area (Å²) in [7, 11) is 0. The van der Waals surface area contributed by atoms with Crippen LogP contribution >= 0.6 is 11.6 Å². The quantitative estimate of drug-likeness (QED) is 0.578. The average Bonchev–Trinajstić information content (AvgIpc) is 2.55. The zero-order chi connectivity index (χ0) is 18.4. The topological polar surface area (TPSA) is 72.2 Å². The van der Waals surface area contributed by atoms with Gasteiger partial charge in [0.1, 0.15) is 5.02 Å². The van der Waals surface area contributed by atoms with E-state index in [1.165, 1.54) is 6.07 Å². The van der Waals surface area contributed by atoms with Crippen LogP contribution in [0.5, 0.6) is 0 Å². The molecule has 6 heteroatoms. The van der Waals surface area contributed by atoms with Crippen LogP contribution in [-0.4, -0.2) is 17.4 Å². The highest BCUT2D eigenvalue weighted by Gasteiger charge is 2.25. The van der Waals surface area contributed by atoms with E-state index in [-0.39, 0.29) is 23.0 Å². The Labute approximate surface area is 152 Å². The summed E-state index contributed by atoms with van der Waals surface area (Å²) in [6.45, 7) is 4.66. The number of carbonyl (C=O) groups is 1. The molecule has 0 aliphatic heterocycles. The first-order valence-corrected chi connectivity index (χ1v) is 8.55. The van der Waals surface area contributed by atoms with Crippen LogP contribution in [0.2, 0.25) is 5.02 Å². The second-order valence-electron chi connectivity index (χ2n) is 6.28. The number of nitro benzene ring substituents is 1. The Morgan fingerprint density at radius 1 is 1.20 bits per heavy atom. The molecule has 0 fully saturated rings. The molecule has 0 bridgehead atoms. The Morgan fingerprint density at radius 2 is 1.88 bits per heavy atom.